The van der Waals surface area contributed by atoms with Crippen LogP contribution in [0.1, 0.15) is 63.4 Å². The first-order chi connectivity index (χ1) is 24.1. The summed E-state index contributed by atoms with van der Waals surface area (Å²) in [5.74, 6) is -2.20. The standard InChI is InChI=1S/C18H13ClF3NO7.C15H18Cl2N2O3/c1-2-28-16(24)9-29-17(25)12-8-11(4-5-14(12)23(26)27)30-15-6-3-10(7-13(15)19)18(20,21)22;1-8(2)21-12-7-11(9(16)6-10(12)17)19-14(20)22-13(18-19)15(3,4)5/h3-8H,2,9H2,1H3;6-8H,1-5H3. The number of ether oxygens (including phenoxy) is 4. The van der Waals surface area contributed by atoms with Gasteiger partial charge in [0.15, 0.2) is 6.61 Å². The second-order valence-electron chi connectivity index (χ2n) is 11.8. The van der Waals surface area contributed by atoms with Gasteiger partial charge >= 0.3 is 23.9 Å². The van der Waals surface area contributed by atoms with E-state index in [1.807, 2.05) is 34.6 Å². The van der Waals surface area contributed by atoms with Crippen molar-refractivity contribution in [1.29, 1.82) is 0 Å². The van der Waals surface area contributed by atoms with E-state index in [9.17, 15) is 37.7 Å². The summed E-state index contributed by atoms with van der Waals surface area (Å²) in [5.41, 5.74) is -2.18. The number of esters is 2. The van der Waals surface area contributed by atoms with Gasteiger partial charge in [0, 0.05) is 23.6 Å². The third kappa shape index (κ3) is 11.1. The zero-order valence-electron chi connectivity index (χ0n) is 28.3. The number of halogens is 6. The molecular weight excluding hydrogens is 762 g/mol. The number of benzene rings is 3. The number of carbonyl (C=O) groups is 2. The zero-order chi connectivity index (χ0) is 39.1. The third-order valence-electron chi connectivity index (χ3n) is 6.28. The lowest BCUT2D eigenvalue weighted by Gasteiger charge is -2.13. The van der Waals surface area contributed by atoms with Crippen LogP contribution < -0.4 is 15.2 Å². The third-order valence-corrected chi connectivity index (χ3v) is 7.17. The van der Waals surface area contributed by atoms with E-state index < -0.39 is 52.2 Å². The fourth-order valence-electron chi connectivity index (χ4n) is 3.95. The van der Waals surface area contributed by atoms with Gasteiger partial charge in [0.2, 0.25) is 5.89 Å². The van der Waals surface area contributed by atoms with E-state index in [-0.39, 0.29) is 39.7 Å². The number of rotatable bonds is 10. The zero-order valence-corrected chi connectivity index (χ0v) is 30.6. The van der Waals surface area contributed by atoms with Gasteiger partial charge in [-0.05, 0) is 51.1 Å². The predicted octanol–water partition coefficient (Wildman–Crippen LogP) is 9.00. The first kappa shape index (κ1) is 41.6. The normalized spacial score (nSPS) is 11.4. The molecule has 4 rings (SSSR count). The molecule has 0 saturated carbocycles. The molecule has 4 aromatic rings. The Kier molecular flexibility index (Phi) is 13.7. The smallest absolute Gasteiger partial charge is 0.442 e. The molecule has 0 aliphatic carbocycles. The van der Waals surface area contributed by atoms with Crippen LogP contribution in [-0.2, 0) is 25.9 Å². The van der Waals surface area contributed by atoms with Crippen molar-refractivity contribution >= 4 is 52.4 Å². The lowest BCUT2D eigenvalue weighted by atomic mass is 9.97. The van der Waals surface area contributed by atoms with Gasteiger partial charge in [-0.25, -0.2) is 14.4 Å². The lowest BCUT2D eigenvalue weighted by Crippen LogP contribution is -2.17. The molecule has 0 bridgehead atoms. The summed E-state index contributed by atoms with van der Waals surface area (Å²) in [6, 6.07) is 8.46. The Morgan fingerprint density at radius 1 is 0.962 bits per heavy atom. The van der Waals surface area contributed by atoms with Crippen LogP contribution in [0.25, 0.3) is 5.69 Å². The Bertz CT molecular complexity index is 2010. The molecule has 1 aromatic heterocycles. The van der Waals surface area contributed by atoms with Crippen molar-refractivity contribution in [3.05, 3.63) is 101 Å². The van der Waals surface area contributed by atoms with Crippen molar-refractivity contribution in [2.24, 2.45) is 0 Å². The Hall–Kier alpha value is -4.80. The van der Waals surface area contributed by atoms with E-state index in [0.29, 0.717) is 28.4 Å². The van der Waals surface area contributed by atoms with Crippen molar-refractivity contribution in [3.8, 4) is 22.9 Å². The number of nitro benzene ring substituents is 1. The molecule has 1 heterocycles. The Morgan fingerprint density at radius 3 is 2.15 bits per heavy atom. The summed E-state index contributed by atoms with van der Waals surface area (Å²) >= 11 is 18.1. The molecule has 0 radical (unpaired) electrons. The molecule has 0 saturated heterocycles. The van der Waals surface area contributed by atoms with Crippen LogP contribution in [0.5, 0.6) is 17.2 Å². The minimum atomic E-state index is -4.61. The molecule has 0 N–H and O–H groups in total. The van der Waals surface area contributed by atoms with Crippen LogP contribution >= 0.6 is 34.8 Å². The van der Waals surface area contributed by atoms with Gasteiger partial charge in [-0.3, -0.25) is 10.1 Å². The summed E-state index contributed by atoms with van der Waals surface area (Å²) < 4.78 is 64.7. The first-order valence-corrected chi connectivity index (χ1v) is 16.2. The number of alkyl halides is 3. The summed E-state index contributed by atoms with van der Waals surface area (Å²) in [6.07, 6.45) is -4.67. The molecule has 0 aliphatic rings. The van der Waals surface area contributed by atoms with Crippen LogP contribution in [0.4, 0.5) is 18.9 Å². The van der Waals surface area contributed by atoms with Crippen molar-refractivity contribution in [2.45, 2.75) is 59.2 Å². The number of hydrogen-bond donors (Lipinski definition) is 0. The Balaban J connectivity index is 0.000000294. The first-order valence-electron chi connectivity index (χ1n) is 15.0. The van der Waals surface area contributed by atoms with Crippen LogP contribution in [0.3, 0.4) is 0 Å². The molecule has 19 heteroatoms. The van der Waals surface area contributed by atoms with E-state index >= 15 is 0 Å². The highest BCUT2D eigenvalue weighted by molar-refractivity contribution is 6.36. The Labute approximate surface area is 309 Å². The molecule has 52 heavy (non-hydrogen) atoms. The van der Waals surface area contributed by atoms with Crippen molar-refractivity contribution < 1.29 is 51.0 Å². The number of carbonyl (C=O) groups excluding carboxylic acids is 2. The molecule has 13 nitrogen and oxygen atoms in total. The number of hydrogen-bond acceptors (Lipinski definition) is 11. The monoisotopic (exact) mass is 791 g/mol. The SMILES string of the molecule is CC(C)Oc1cc(-n2nc(C(C)(C)C)oc2=O)c(Cl)cc1Cl.CCOC(=O)COC(=O)c1cc(Oc2ccc(C(F)(F)F)cc2Cl)ccc1[N+](=O)[O-]. The number of nitro groups is 1. The lowest BCUT2D eigenvalue weighted by molar-refractivity contribution is -0.385. The second-order valence-corrected chi connectivity index (χ2v) is 13.0. The summed E-state index contributed by atoms with van der Waals surface area (Å²) in [4.78, 5) is 45.8. The highest BCUT2D eigenvalue weighted by Gasteiger charge is 2.31. The fraction of sp³-hybridized carbons (Fsp3) is 0.333. The average Bonchev–Trinajstić information content (AvgIpc) is 3.43. The maximum atomic E-state index is 12.7. The molecule has 0 unspecified atom stereocenters. The highest BCUT2D eigenvalue weighted by atomic mass is 35.5. The number of nitrogens with zero attached hydrogens (tertiary/aromatic N) is 3. The topological polar surface area (TPSA) is 162 Å². The minimum Gasteiger partial charge on any atom is -0.489 e. The van der Waals surface area contributed by atoms with Gasteiger partial charge < -0.3 is 23.4 Å². The largest absolute Gasteiger partial charge is 0.489 e. The molecular formula is C33H31Cl3F3N3O10. The van der Waals surface area contributed by atoms with Gasteiger partial charge in [-0.1, -0.05) is 55.6 Å². The fourth-order valence-corrected chi connectivity index (χ4v) is 4.68. The molecule has 280 valence electrons. The van der Waals surface area contributed by atoms with Crippen molar-refractivity contribution in [1.82, 2.24) is 9.78 Å². The minimum absolute atomic E-state index is 0.0493. The summed E-state index contributed by atoms with van der Waals surface area (Å²) in [7, 11) is 0. The second kappa shape index (κ2) is 17.1. The average molecular weight is 793 g/mol. The predicted molar refractivity (Wildman–Crippen MR) is 183 cm³/mol. The molecule has 0 fully saturated rings. The van der Waals surface area contributed by atoms with Crippen LogP contribution in [0, 0.1) is 10.1 Å². The van der Waals surface area contributed by atoms with Crippen LogP contribution in [0.2, 0.25) is 15.1 Å². The van der Waals surface area contributed by atoms with Gasteiger partial charge in [0.05, 0.1) is 44.0 Å². The van der Waals surface area contributed by atoms with Crippen molar-refractivity contribution in [2.75, 3.05) is 13.2 Å². The van der Waals surface area contributed by atoms with E-state index in [4.69, 9.17) is 53.4 Å². The van der Waals surface area contributed by atoms with E-state index in [1.165, 1.54) is 13.0 Å². The molecule has 0 aliphatic heterocycles. The maximum absolute atomic E-state index is 12.7. The van der Waals surface area contributed by atoms with Crippen LogP contribution in [0.15, 0.2) is 57.7 Å². The number of aromatic nitrogens is 2. The van der Waals surface area contributed by atoms with E-state index in [1.54, 1.807) is 6.07 Å². The summed E-state index contributed by atoms with van der Waals surface area (Å²) in [5, 5.41) is 15.7. The highest BCUT2D eigenvalue weighted by Crippen LogP contribution is 2.37. The van der Waals surface area contributed by atoms with Gasteiger partial charge in [-0.15, -0.1) is 5.10 Å². The Morgan fingerprint density at radius 2 is 1.62 bits per heavy atom. The summed E-state index contributed by atoms with van der Waals surface area (Å²) in [6.45, 7) is 10.3. The molecule has 3 aromatic carbocycles. The van der Waals surface area contributed by atoms with Crippen molar-refractivity contribution in [3.63, 3.8) is 0 Å². The quantitative estimate of drug-likeness (QED) is 0.0856. The molecule has 0 amide bonds. The van der Waals surface area contributed by atoms with Crippen LogP contribution in [-0.4, -0.2) is 46.0 Å². The molecule has 0 atom stereocenters. The van der Waals surface area contributed by atoms with E-state index in [0.717, 1.165) is 35.0 Å². The van der Waals surface area contributed by atoms with Gasteiger partial charge in [-0.2, -0.15) is 17.9 Å². The van der Waals surface area contributed by atoms with E-state index in [2.05, 4.69) is 9.84 Å². The van der Waals surface area contributed by atoms with Gasteiger partial charge in [0.25, 0.3) is 5.69 Å². The van der Waals surface area contributed by atoms with Gasteiger partial charge in [0.1, 0.15) is 22.8 Å². The molecule has 0 spiro atoms. The maximum Gasteiger partial charge on any atom is 0.442 e.